The number of rotatable bonds is 5. The maximum Gasteiger partial charge on any atom is 0.292 e. The van der Waals surface area contributed by atoms with Gasteiger partial charge in [-0.05, 0) is 48.5 Å². The zero-order valence-electron chi connectivity index (χ0n) is 20.3. The molecule has 0 unspecified atom stereocenters. The molecule has 0 amide bonds. The predicted octanol–water partition coefficient (Wildman–Crippen LogP) is 6.52. The van der Waals surface area contributed by atoms with E-state index in [4.69, 9.17) is 42.1 Å². The number of aromatic nitrogens is 2. The molecular formula is C28H20Cl2N4O4. The van der Waals surface area contributed by atoms with Crippen LogP contribution in [0.25, 0.3) is 0 Å². The predicted molar refractivity (Wildman–Crippen MR) is 144 cm³/mol. The lowest BCUT2D eigenvalue weighted by Gasteiger charge is -2.22. The Morgan fingerprint density at radius 3 is 1.47 bits per heavy atom. The third-order valence-electron chi connectivity index (χ3n) is 6.07. The third kappa shape index (κ3) is 4.42. The van der Waals surface area contributed by atoms with Crippen LogP contribution in [-0.2, 0) is 11.6 Å². The van der Waals surface area contributed by atoms with Crippen molar-refractivity contribution >= 4 is 35.6 Å². The van der Waals surface area contributed by atoms with Gasteiger partial charge in [0.05, 0.1) is 22.5 Å². The average molecular weight is 547 g/mol. The van der Waals surface area contributed by atoms with E-state index in [2.05, 4.69) is 20.2 Å². The first kappa shape index (κ1) is 24.2. The van der Waals surface area contributed by atoms with Gasteiger partial charge in [0.1, 0.15) is 11.4 Å². The second-order valence-corrected chi connectivity index (χ2v) is 9.73. The molecule has 8 nitrogen and oxygen atoms in total. The minimum Gasteiger partial charge on any atom is -0.443 e. The zero-order chi connectivity index (χ0) is 26.3. The van der Waals surface area contributed by atoms with Crippen molar-refractivity contribution in [2.45, 2.75) is 25.4 Å². The number of hydrogen-bond donors (Lipinski definition) is 0. The Morgan fingerprint density at radius 1 is 0.632 bits per heavy atom. The molecule has 190 valence electrons. The molecular weight excluding hydrogens is 527 g/mol. The molecule has 2 atom stereocenters. The van der Waals surface area contributed by atoms with E-state index in [1.807, 2.05) is 36.4 Å². The number of ether oxygens (including phenoxy) is 4. The van der Waals surface area contributed by atoms with Crippen LogP contribution in [-0.4, -0.2) is 22.4 Å². The molecule has 38 heavy (non-hydrogen) atoms. The molecule has 0 bridgehead atoms. The highest BCUT2D eigenvalue weighted by Gasteiger charge is 2.42. The van der Waals surface area contributed by atoms with Crippen LogP contribution in [0.1, 0.15) is 36.4 Å². The van der Waals surface area contributed by atoms with Gasteiger partial charge in [-0.2, -0.15) is 10.2 Å². The Hall–Kier alpha value is -4.14. The molecule has 0 spiro atoms. The summed E-state index contributed by atoms with van der Waals surface area (Å²) < 4.78 is 24.5. The van der Waals surface area contributed by atoms with Gasteiger partial charge < -0.3 is 18.9 Å². The van der Waals surface area contributed by atoms with E-state index >= 15 is 0 Å². The van der Waals surface area contributed by atoms with Crippen molar-refractivity contribution in [2.24, 2.45) is 10.2 Å². The summed E-state index contributed by atoms with van der Waals surface area (Å²) in [6.45, 7) is 3.60. The normalized spacial score (nSPS) is 21.5. The van der Waals surface area contributed by atoms with Gasteiger partial charge in [0.15, 0.2) is 23.0 Å². The van der Waals surface area contributed by atoms with Crippen LogP contribution in [0.15, 0.2) is 83.3 Å². The number of nitrogens with zero attached hydrogens (tertiary/aromatic N) is 4. The molecule has 4 heterocycles. The fraction of sp³-hybridized carbons (Fsp3) is 0.143. The van der Waals surface area contributed by atoms with Crippen LogP contribution in [0.3, 0.4) is 0 Å². The Balaban J connectivity index is 1.20. The number of hydrogen-bond acceptors (Lipinski definition) is 8. The van der Waals surface area contributed by atoms with Gasteiger partial charge in [-0.15, -0.1) is 0 Å². The van der Waals surface area contributed by atoms with E-state index < -0.39 is 11.6 Å². The second-order valence-electron chi connectivity index (χ2n) is 8.86. The molecule has 0 radical (unpaired) electrons. The number of benzene rings is 2. The Morgan fingerprint density at radius 2 is 1.08 bits per heavy atom. The zero-order valence-corrected chi connectivity index (χ0v) is 21.8. The largest absolute Gasteiger partial charge is 0.443 e. The quantitative estimate of drug-likeness (QED) is 0.209. The van der Waals surface area contributed by atoms with Crippen molar-refractivity contribution in [1.29, 1.82) is 0 Å². The van der Waals surface area contributed by atoms with Crippen molar-refractivity contribution in [3.05, 3.63) is 106 Å². The van der Waals surface area contributed by atoms with Crippen LogP contribution in [0.5, 0.6) is 23.0 Å². The highest BCUT2D eigenvalue weighted by molar-refractivity contribution is 6.30. The molecule has 2 aromatic carbocycles. The van der Waals surface area contributed by atoms with Crippen LogP contribution >= 0.6 is 23.2 Å². The van der Waals surface area contributed by atoms with E-state index in [-0.39, 0.29) is 0 Å². The lowest BCUT2D eigenvalue weighted by atomic mass is 10.2. The summed E-state index contributed by atoms with van der Waals surface area (Å²) in [5.41, 5.74) is 2.60. The monoisotopic (exact) mass is 546 g/mol. The number of para-hydroxylation sites is 2. The number of fused-ring (bicyclic) bond motifs is 2. The van der Waals surface area contributed by atoms with Gasteiger partial charge in [-0.3, -0.25) is 9.97 Å². The second kappa shape index (κ2) is 9.31. The van der Waals surface area contributed by atoms with Crippen molar-refractivity contribution in [3.63, 3.8) is 0 Å². The topological polar surface area (TPSA) is 87.4 Å². The van der Waals surface area contributed by atoms with E-state index in [0.717, 1.165) is 0 Å². The molecule has 0 aliphatic carbocycles. The van der Waals surface area contributed by atoms with Crippen molar-refractivity contribution in [3.8, 4) is 23.0 Å². The first-order valence-corrected chi connectivity index (χ1v) is 12.4. The van der Waals surface area contributed by atoms with Gasteiger partial charge in [0.25, 0.3) is 11.6 Å². The fourth-order valence-corrected chi connectivity index (χ4v) is 4.41. The molecule has 2 aliphatic heterocycles. The van der Waals surface area contributed by atoms with Crippen LogP contribution in [0.2, 0.25) is 10.0 Å². The SMILES string of the molecule is C[C@@]1(c2ccc(Cl)cn2)Oc2cccc(/C=N\N=C\c3cccc4c3O[C@](C)(c3ccc(Cl)cn3)O4)c2O1. The summed E-state index contributed by atoms with van der Waals surface area (Å²) >= 11 is 11.9. The van der Waals surface area contributed by atoms with Crippen molar-refractivity contribution in [1.82, 2.24) is 9.97 Å². The highest BCUT2D eigenvalue weighted by Crippen LogP contribution is 2.46. The summed E-state index contributed by atoms with van der Waals surface area (Å²) in [5.74, 6) is 0.0855. The summed E-state index contributed by atoms with van der Waals surface area (Å²) in [4.78, 5) is 8.69. The molecule has 2 aromatic heterocycles. The lowest BCUT2D eigenvalue weighted by molar-refractivity contribution is -0.0722. The molecule has 0 saturated carbocycles. The maximum absolute atomic E-state index is 6.18. The molecule has 0 saturated heterocycles. The van der Waals surface area contributed by atoms with E-state index in [1.165, 1.54) is 0 Å². The first-order chi connectivity index (χ1) is 18.3. The van der Waals surface area contributed by atoms with Crippen molar-refractivity contribution < 1.29 is 18.9 Å². The van der Waals surface area contributed by atoms with Crippen LogP contribution in [0, 0.1) is 0 Å². The molecule has 0 N–H and O–H groups in total. The smallest absolute Gasteiger partial charge is 0.292 e. The van der Waals surface area contributed by atoms with E-state index in [0.29, 0.717) is 55.6 Å². The lowest BCUT2D eigenvalue weighted by Crippen LogP contribution is -2.32. The van der Waals surface area contributed by atoms with Crippen LogP contribution in [0.4, 0.5) is 0 Å². The Kier molecular flexibility index (Phi) is 5.93. The summed E-state index contributed by atoms with van der Waals surface area (Å²) in [7, 11) is 0. The fourth-order valence-electron chi connectivity index (χ4n) is 4.19. The molecule has 4 aromatic rings. The van der Waals surface area contributed by atoms with Gasteiger partial charge in [0.2, 0.25) is 0 Å². The van der Waals surface area contributed by atoms with Crippen molar-refractivity contribution in [2.75, 3.05) is 0 Å². The van der Waals surface area contributed by atoms with Crippen LogP contribution < -0.4 is 18.9 Å². The molecule has 6 rings (SSSR count). The minimum absolute atomic E-state index is 0.533. The van der Waals surface area contributed by atoms with Gasteiger partial charge >= 0.3 is 0 Å². The molecule has 10 heteroatoms. The standard InChI is InChI=1S/C28H20Cl2N4O4/c1-27(23-11-9-19(29)15-31-23)35-21-7-3-5-17(25(21)37-27)13-33-34-14-18-6-4-8-22-26(18)38-28(2,36-22)24-12-10-20(30)16-32-24/h3-16H,1-2H3/b33-13-,34-14+/t27-,28-/m1/s1. The van der Waals surface area contributed by atoms with E-state index in [1.54, 1.807) is 62.9 Å². The highest BCUT2D eigenvalue weighted by atomic mass is 35.5. The number of pyridine rings is 2. The van der Waals surface area contributed by atoms with Gasteiger partial charge in [-0.25, -0.2) is 0 Å². The Bertz CT molecular complexity index is 1460. The molecule has 0 fully saturated rings. The first-order valence-electron chi connectivity index (χ1n) is 11.7. The Labute approximate surface area is 228 Å². The summed E-state index contributed by atoms with van der Waals surface area (Å²) in [6, 6.07) is 18.1. The van der Waals surface area contributed by atoms with E-state index in [9.17, 15) is 0 Å². The number of halogens is 2. The third-order valence-corrected chi connectivity index (χ3v) is 6.51. The maximum atomic E-state index is 6.18. The van der Waals surface area contributed by atoms with Gasteiger partial charge in [0, 0.05) is 37.4 Å². The minimum atomic E-state index is -1.09. The average Bonchev–Trinajstić information content (AvgIpc) is 3.45. The molecule has 2 aliphatic rings. The van der Waals surface area contributed by atoms with Gasteiger partial charge in [-0.1, -0.05) is 35.3 Å². The summed E-state index contributed by atoms with van der Waals surface area (Å²) in [6.07, 6.45) is 6.31. The summed E-state index contributed by atoms with van der Waals surface area (Å²) in [5, 5.41) is 9.52.